The van der Waals surface area contributed by atoms with Gasteiger partial charge in [0, 0.05) is 13.1 Å². The molecule has 4 rings (SSSR count). The number of aliphatic carboxylic acids is 1. The highest BCUT2D eigenvalue weighted by Gasteiger charge is 2.46. The first-order valence-corrected chi connectivity index (χ1v) is 9.91. The molecule has 1 aliphatic carbocycles. The van der Waals surface area contributed by atoms with E-state index in [1.165, 1.54) is 11.8 Å². The fourth-order valence-electron chi connectivity index (χ4n) is 3.42. The molecule has 0 bridgehead atoms. The Morgan fingerprint density at radius 3 is 2.79 bits per heavy atom. The van der Waals surface area contributed by atoms with E-state index in [2.05, 4.69) is 4.98 Å². The Kier molecular flexibility index (Phi) is 4.22. The molecular weight excluding hydrogens is 344 g/mol. The molecule has 1 N–H and O–H groups in total. The number of para-hydroxylation sites is 1. The second kappa shape index (κ2) is 6.37. The van der Waals surface area contributed by atoms with Gasteiger partial charge in [-0.3, -0.25) is 9.59 Å². The lowest BCUT2D eigenvalue weighted by Gasteiger charge is -2.15. The van der Waals surface area contributed by atoms with Gasteiger partial charge in [0.05, 0.1) is 21.9 Å². The Bertz CT molecular complexity index is 754. The number of nitrogens with zero attached hydrogens (tertiary/aromatic N) is 2. The summed E-state index contributed by atoms with van der Waals surface area (Å²) < 4.78 is 2.01. The number of likely N-dealkylation sites (tertiary alicyclic amines) is 1. The molecule has 126 valence electrons. The number of hydrogen-bond donors (Lipinski definition) is 1. The van der Waals surface area contributed by atoms with E-state index in [-0.39, 0.29) is 11.8 Å². The average molecular weight is 362 g/mol. The molecule has 2 fully saturated rings. The van der Waals surface area contributed by atoms with Crippen LogP contribution < -0.4 is 0 Å². The van der Waals surface area contributed by atoms with Crippen LogP contribution in [0.15, 0.2) is 28.6 Å². The summed E-state index contributed by atoms with van der Waals surface area (Å²) in [6.45, 7) is 0.955. The lowest BCUT2D eigenvalue weighted by molar-refractivity contribution is -0.142. The summed E-state index contributed by atoms with van der Waals surface area (Å²) in [6, 6.07) is 7.93. The maximum Gasteiger partial charge on any atom is 0.308 e. The van der Waals surface area contributed by atoms with E-state index < -0.39 is 11.9 Å². The maximum atomic E-state index is 12.5. The molecule has 2 atom stereocenters. The first-order valence-electron chi connectivity index (χ1n) is 8.11. The molecule has 1 aromatic carbocycles. The number of carbonyl (C=O) groups excluding carboxylic acids is 1. The minimum absolute atomic E-state index is 0.0219. The van der Waals surface area contributed by atoms with Gasteiger partial charge in [0.1, 0.15) is 0 Å². The smallest absolute Gasteiger partial charge is 0.308 e. The number of carbonyl (C=O) groups is 2. The molecule has 1 saturated heterocycles. The number of thioether (sulfide) groups is 1. The molecular formula is C17H18N2O3S2. The van der Waals surface area contributed by atoms with E-state index in [1.807, 2.05) is 24.3 Å². The first kappa shape index (κ1) is 15.9. The predicted molar refractivity (Wildman–Crippen MR) is 94.3 cm³/mol. The van der Waals surface area contributed by atoms with Gasteiger partial charge in [-0.25, -0.2) is 4.98 Å². The zero-order valence-corrected chi connectivity index (χ0v) is 14.7. The molecule has 1 aromatic heterocycles. The summed E-state index contributed by atoms with van der Waals surface area (Å²) in [5.41, 5.74) is 0.957. The fraction of sp³-hybridized carbons (Fsp3) is 0.471. The molecule has 7 heteroatoms. The molecule has 0 spiro atoms. The molecule has 2 heterocycles. The minimum atomic E-state index is -0.763. The van der Waals surface area contributed by atoms with E-state index in [0.29, 0.717) is 24.8 Å². The van der Waals surface area contributed by atoms with Crippen molar-refractivity contribution < 1.29 is 14.7 Å². The number of amides is 1. The molecule has 1 aliphatic heterocycles. The number of aromatic nitrogens is 1. The monoisotopic (exact) mass is 362 g/mol. The molecule has 5 nitrogen and oxygen atoms in total. The number of fused-ring (bicyclic) bond motifs is 1. The van der Waals surface area contributed by atoms with Gasteiger partial charge in [-0.1, -0.05) is 23.9 Å². The van der Waals surface area contributed by atoms with Crippen LogP contribution in [-0.4, -0.2) is 45.7 Å². The third-order valence-corrected chi connectivity index (χ3v) is 7.02. The third-order valence-electron chi connectivity index (χ3n) is 4.86. The molecule has 1 amide bonds. The quantitative estimate of drug-likeness (QED) is 0.828. The van der Waals surface area contributed by atoms with Gasteiger partial charge in [-0.2, -0.15) is 0 Å². The average Bonchev–Trinajstić information content (AvgIpc) is 3.17. The van der Waals surface area contributed by atoms with Crippen LogP contribution in [-0.2, 0) is 9.59 Å². The summed E-state index contributed by atoms with van der Waals surface area (Å²) in [5, 5.41) is 9.40. The lowest BCUT2D eigenvalue weighted by atomic mass is 9.92. The predicted octanol–water partition coefficient (Wildman–Crippen LogP) is 2.96. The highest BCUT2D eigenvalue weighted by Crippen LogP contribution is 2.44. The van der Waals surface area contributed by atoms with Crippen molar-refractivity contribution in [3.63, 3.8) is 0 Å². The van der Waals surface area contributed by atoms with Crippen LogP contribution in [0.3, 0.4) is 0 Å². The van der Waals surface area contributed by atoms with Crippen molar-refractivity contribution in [2.45, 2.75) is 17.2 Å². The molecule has 1 saturated carbocycles. The maximum absolute atomic E-state index is 12.5. The van der Waals surface area contributed by atoms with Crippen molar-refractivity contribution in [1.82, 2.24) is 9.88 Å². The number of carboxylic acid groups (broad SMARTS) is 1. The number of hydrogen-bond acceptors (Lipinski definition) is 5. The zero-order chi connectivity index (χ0) is 16.7. The number of benzene rings is 1. The Labute approximate surface area is 148 Å². The van der Waals surface area contributed by atoms with Crippen LogP contribution in [0, 0.1) is 17.8 Å². The number of rotatable bonds is 5. The van der Waals surface area contributed by atoms with Crippen molar-refractivity contribution in [1.29, 1.82) is 0 Å². The van der Waals surface area contributed by atoms with Crippen molar-refractivity contribution in [3.8, 4) is 0 Å². The van der Waals surface area contributed by atoms with Crippen molar-refractivity contribution in [3.05, 3.63) is 24.3 Å². The highest BCUT2D eigenvalue weighted by molar-refractivity contribution is 8.01. The lowest BCUT2D eigenvalue weighted by Crippen LogP contribution is -2.31. The van der Waals surface area contributed by atoms with Crippen molar-refractivity contribution >= 4 is 45.2 Å². The van der Waals surface area contributed by atoms with E-state index in [9.17, 15) is 14.7 Å². The van der Waals surface area contributed by atoms with Gasteiger partial charge in [0.15, 0.2) is 4.34 Å². The first-order chi connectivity index (χ1) is 11.6. The van der Waals surface area contributed by atoms with E-state index in [4.69, 9.17) is 0 Å². The van der Waals surface area contributed by atoms with Gasteiger partial charge in [-0.15, -0.1) is 11.3 Å². The van der Waals surface area contributed by atoms with Crippen LogP contribution >= 0.6 is 23.1 Å². The van der Waals surface area contributed by atoms with Crippen molar-refractivity contribution in [2.24, 2.45) is 17.8 Å². The normalized spacial score (nSPS) is 23.8. The van der Waals surface area contributed by atoms with E-state index >= 15 is 0 Å². The molecule has 0 radical (unpaired) electrons. The summed E-state index contributed by atoms with van der Waals surface area (Å²) >= 11 is 3.03. The molecule has 0 unspecified atom stereocenters. The second-order valence-electron chi connectivity index (χ2n) is 6.48. The standard InChI is InChI=1S/C17H18N2O3S2/c20-15(9-23-17-18-13-3-1-2-4-14(13)24-17)19-7-11(10-5-6-10)12(8-19)16(21)22/h1-4,10-12H,5-9H2,(H,21,22)/t11-,12+/m1/s1. The van der Waals surface area contributed by atoms with Crippen LogP contribution in [0.4, 0.5) is 0 Å². The Morgan fingerprint density at radius 2 is 2.08 bits per heavy atom. The highest BCUT2D eigenvalue weighted by atomic mass is 32.2. The summed E-state index contributed by atoms with van der Waals surface area (Å²) in [5.74, 6) is -0.174. The van der Waals surface area contributed by atoms with Crippen LogP contribution in [0.5, 0.6) is 0 Å². The summed E-state index contributed by atoms with van der Waals surface area (Å²) in [4.78, 5) is 30.2. The Hall–Kier alpha value is -1.60. The number of thiazole rings is 1. The SMILES string of the molecule is O=C(O)[C@H]1CN(C(=O)CSc2nc3ccccc3s2)C[C@@H]1C1CC1. The Morgan fingerprint density at radius 1 is 1.29 bits per heavy atom. The molecule has 2 aliphatic rings. The van der Waals surface area contributed by atoms with Crippen LogP contribution in [0.25, 0.3) is 10.2 Å². The van der Waals surface area contributed by atoms with Crippen molar-refractivity contribution in [2.75, 3.05) is 18.8 Å². The topological polar surface area (TPSA) is 70.5 Å². The van der Waals surface area contributed by atoms with Gasteiger partial charge in [-0.05, 0) is 36.8 Å². The van der Waals surface area contributed by atoms with E-state index in [1.54, 1.807) is 16.2 Å². The zero-order valence-electron chi connectivity index (χ0n) is 13.1. The van der Waals surface area contributed by atoms with Crippen LogP contribution in [0.1, 0.15) is 12.8 Å². The van der Waals surface area contributed by atoms with Gasteiger partial charge < -0.3 is 10.0 Å². The third kappa shape index (κ3) is 3.15. The van der Waals surface area contributed by atoms with Gasteiger partial charge in [0.2, 0.25) is 5.91 Å². The van der Waals surface area contributed by atoms with Crippen LogP contribution in [0.2, 0.25) is 0 Å². The van der Waals surface area contributed by atoms with Gasteiger partial charge >= 0.3 is 5.97 Å². The van der Waals surface area contributed by atoms with Gasteiger partial charge in [0.25, 0.3) is 0 Å². The minimum Gasteiger partial charge on any atom is -0.481 e. The summed E-state index contributed by atoms with van der Waals surface area (Å²) in [6.07, 6.45) is 2.22. The fourth-order valence-corrected chi connectivity index (χ4v) is 5.39. The summed E-state index contributed by atoms with van der Waals surface area (Å²) in [7, 11) is 0. The largest absolute Gasteiger partial charge is 0.481 e. The molecule has 24 heavy (non-hydrogen) atoms. The Balaban J connectivity index is 1.38. The second-order valence-corrected chi connectivity index (χ2v) is 8.73. The molecule has 2 aromatic rings. The number of carboxylic acids is 1. The van der Waals surface area contributed by atoms with E-state index in [0.717, 1.165) is 27.4 Å².